The number of rotatable bonds is 3. The van der Waals surface area contributed by atoms with Crippen LogP contribution in [0, 0.1) is 12.7 Å². The number of hydrazine groups is 1. The molecule has 0 saturated heterocycles. The monoisotopic (exact) mass is 409 g/mol. The molecule has 1 aromatic heterocycles. The molecule has 0 fully saturated rings. The predicted octanol–water partition coefficient (Wildman–Crippen LogP) is 2.94. The third-order valence-corrected chi connectivity index (χ3v) is 4.77. The van der Waals surface area contributed by atoms with Crippen LogP contribution in [0.25, 0.3) is 0 Å². The molecule has 1 aromatic carbocycles. The number of alkyl halides is 3. The van der Waals surface area contributed by atoms with E-state index in [0.717, 1.165) is 11.1 Å². The van der Waals surface area contributed by atoms with Gasteiger partial charge < -0.3 is 10.6 Å². The van der Waals surface area contributed by atoms with Crippen molar-refractivity contribution >= 4 is 11.7 Å². The smallest absolute Gasteiger partial charge is 0.399 e. The third-order valence-electron chi connectivity index (χ3n) is 4.77. The van der Waals surface area contributed by atoms with Gasteiger partial charge in [0.1, 0.15) is 0 Å². The van der Waals surface area contributed by atoms with E-state index >= 15 is 0 Å². The minimum absolute atomic E-state index is 0.0450. The molecule has 0 unspecified atom stereocenters. The van der Waals surface area contributed by atoms with Crippen molar-refractivity contribution in [2.45, 2.75) is 19.5 Å². The summed E-state index contributed by atoms with van der Waals surface area (Å²) in [5, 5.41) is 1.03. The standard InChI is InChI=1S/C19H19F4N5O/c1-11-12(4-2-5-13(11)19(21,22)23)18(29)27-9-7-16(15(24)10-27)28(25)17-14(20)6-3-8-26-17/h2-6,8H,7,9-10,24-25H2,1H3. The quantitative estimate of drug-likeness (QED) is 0.462. The first-order valence-electron chi connectivity index (χ1n) is 8.70. The van der Waals surface area contributed by atoms with Crippen LogP contribution in [0.5, 0.6) is 0 Å². The van der Waals surface area contributed by atoms with Crippen molar-refractivity contribution in [3.05, 3.63) is 70.4 Å². The third kappa shape index (κ3) is 4.02. The highest BCUT2D eigenvalue weighted by Gasteiger charge is 2.34. The fourth-order valence-corrected chi connectivity index (χ4v) is 3.25. The van der Waals surface area contributed by atoms with Gasteiger partial charge >= 0.3 is 6.18 Å². The Kier molecular flexibility index (Phi) is 5.47. The van der Waals surface area contributed by atoms with Crippen LogP contribution in [-0.4, -0.2) is 28.9 Å². The van der Waals surface area contributed by atoms with Crippen molar-refractivity contribution in [1.82, 2.24) is 9.88 Å². The molecule has 29 heavy (non-hydrogen) atoms. The van der Waals surface area contributed by atoms with Crippen LogP contribution >= 0.6 is 0 Å². The lowest BCUT2D eigenvalue weighted by molar-refractivity contribution is -0.138. The van der Waals surface area contributed by atoms with Gasteiger partial charge in [-0.1, -0.05) is 6.07 Å². The van der Waals surface area contributed by atoms with Gasteiger partial charge in [0.05, 0.1) is 17.8 Å². The van der Waals surface area contributed by atoms with Crippen molar-refractivity contribution in [1.29, 1.82) is 0 Å². The zero-order valence-corrected chi connectivity index (χ0v) is 15.5. The highest BCUT2D eigenvalue weighted by molar-refractivity contribution is 5.96. The van der Waals surface area contributed by atoms with Crippen molar-refractivity contribution in [3.8, 4) is 0 Å². The highest BCUT2D eigenvalue weighted by atomic mass is 19.4. The molecule has 1 aliphatic rings. The Morgan fingerprint density at radius 2 is 1.97 bits per heavy atom. The van der Waals surface area contributed by atoms with Gasteiger partial charge in [0, 0.05) is 30.4 Å². The van der Waals surface area contributed by atoms with Gasteiger partial charge in [0.2, 0.25) is 0 Å². The number of aromatic nitrogens is 1. The lowest BCUT2D eigenvalue weighted by atomic mass is 10.00. The number of nitrogens with two attached hydrogens (primary N) is 2. The minimum atomic E-state index is -4.55. The Morgan fingerprint density at radius 3 is 2.59 bits per heavy atom. The molecule has 154 valence electrons. The van der Waals surface area contributed by atoms with Crippen LogP contribution in [0.1, 0.15) is 27.9 Å². The summed E-state index contributed by atoms with van der Waals surface area (Å²) in [6.07, 6.45) is -2.98. The van der Waals surface area contributed by atoms with Gasteiger partial charge in [0.15, 0.2) is 11.6 Å². The predicted molar refractivity (Wildman–Crippen MR) is 98.8 cm³/mol. The maximum atomic E-state index is 13.9. The van der Waals surface area contributed by atoms with E-state index in [4.69, 9.17) is 11.6 Å². The Hall–Kier alpha value is -3.14. The summed E-state index contributed by atoms with van der Waals surface area (Å²) in [5.74, 6) is 4.64. The molecular weight excluding hydrogens is 390 g/mol. The van der Waals surface area contributed by atoms with Crippen molar-refractivity contribution in [3.63, 3.8) is 0 Å². The van der Waals surface area contributed by atoms with Gasteiger partial charge in [-0.25, -0.2) is 15.2 Å². The molecule has 0 radical (unpaired) electrons. The van der Waals surface area contributed by atoms with Gasteiger partial charge in [-0.05, 0) is 36.8 Å². The maximum Gasteiger partial charge on any atom is 0.416 e. The van der Waals surface area contributed by atoms with Gasteiger partial charge in [-0.2, -0.15) is 13.2 Å². The van der Waals surface area contributed by atoms with Crippen molar-refractivity contribution in [2.75, 3.05) is 18.1 Å². The summed E-state index contributed by atoms with van der Waals surface area (Å²) < 4.78 is 53.3. The zero-order valence-electron chi connectivity index (χ0n) is 15.5. The maximum absolute atomic E-state index is 13.9. The van der Waals surface area contributed by atoms with E-state index in [1.807, 2.05) is 0 Å². The first-order valence-corrected chi connectivity index (χ1v) is 8.70. The van der Waals surface area contributed by atoms with Crippen LogP contribution in [0.2, 0.25) is 0 Å². The summed E-state index contributed by atoms with van der Waals surface area (Å²) in [6, 6.07) is 6.10. The molecule has 1 aliphatic heterocycles. The first-order chi connectivity index (χ1) is 13.6. The molecule has 3 rings (SSSR count). The first kappa shape index (κ1) is 20.6. The Bertz CT molecular complexity index is 973. The molecule has 6 nitrogen and oxygen atoms in total. The van der Waals surface area contributed by atoms with E-state index in [2.05, 4.69) is 4.98 Å². The fourth-order valence-electron chi connectivity index (χ4n) is 3.25. The Morgan fingerprint density at radius 1 is 1.24 bits per heavy atom. The van der Waals surface area contributed by atoms with E-state index < -0.39 is 23.5 Å². The molecule has 2 aromatic rings. The molecule has 0 saturated carbocycles. The number of amides is 1. The number of benzene rings is 1. The van der Waals surface area contributed by atoms with E-state index in [0.29, 0.717) is 5.70 Å². The van der Waals surface area contributed by atoms with Crippen LogP contribution in [0.3, 0.4) is 0 Å². The largest absolute Gasteiger partial charge is 0.416 e. The van der Waals surface area contributed by atoms with Crippen LogP contribution in [-0.2, 0) is 6.18 Å². The number of pyridine rings is 1. The molecule has 0 bridgehead atoms. The van der Waals surface area contributed by atoms with E-state index in [-0.39, 0.29) is 42.2 Å². The zero-order chi connectivity index (χ0) is 21.3. The average Bonchev–Trinajstić information content (AvgIpc) is 2.66. The van der Waals surface area contributed by atoms with Crippen LogP contribution < -0.4 is 16.6 Å². The number of hydrogen-bond acceptors (Lipinski definition) is 5. The van der Waals surface area contributed by atoms with E-state index in [9.17, 15) is 22.4 Å². The van der Waals surface area contributed by atoms with Gasteiger partial charge in [0.25, 0.3) is 5.91 Å². The topological polar surface area (TPSA) is 88.5 Å². The molecule has 4 N–H and O–H groups in total. The molecule has 2 heterocycles. The molecule has 0 aliphatic carbocycles. The summed E-state index contributed by atoms with van der Waals surface area (Å²) in [5.41, 5.74) is 5.60. The Labute approximate surface area is 164 Å². The van der Waals surface area contributed by atoms with Crippen molar-refractivity contribution in [2.24, 2.45) is 11.6 Å². The molecule has 10 heteroatoms. The summed E-state index contributed by atoms with van der Waals surface area (Å²) in [4.78, 5) is 18.0. The van der Waals surface area contributed by atoms with Crippen LogP contribution in [0.4, 0.5) is 23.4 Å². The summed E-state index contributed by atoms with van der Waals surface area (Å²) in [6.45, 7) is 1.37. The minimum Gasteiger partial charge on any atom is -0.399 e. The lowest BCUT2D eigenvalue weighted by Gasteiger charge is -2.33. The second-order valence-electron chi connectivity index (χ2n) is 6.60. The normalized spacial score (nSPS) is 14.9. The molecule has 1 amide bonds. The SMILES string of the molecule is Cc1c(C(=O)N2CCC(N(N)c3ncccc3F)=C(N)C2)cccc1C(F)(F)F. The molecular formula is C19H19F4N5O. The van der Waals surface area contributed by atoms with E-state index in [1.54, 1.807) is 0 Å². The van der Waals surface area contributed by atoms with Gasteiger partial charge in [-0.15, -0.1) is 0 Å². The Balaban J connectivity index is 1.84. The number of carbonyl (C=O) groups is 1. The number of anilines is 1. The summed E-state index contributed by atoms with van der Waals surface area (Å²) in [7, 11) is 0. The second-order valence-corrected chi connectivity index (χ2v) is 6.60. The highest BCUT2D eigenvalue weighted by Crippen LogP contribution is 2.33. The number of halogens is 4. The average molecular weight is 409 g/mol. The summed E-state index contributed by atoms with van der Waals surface area (Å²) >= 11 is 0. The molecule has 0 atom stereocenters. The number of hydrogen-bond donors (Lipinski definition) is 2. The number of nitrogens with zero attached hydrogens (tertiary/aromatic N) is 3. The van der Waals surface area contributed by atoms with Crippen LogP contribution in [0.15, 0.2) is 47.9 Å². The lowest BCUT2D eigenvalue weighted by Crippen LogP contribution is -2.44. The number of carbonyl (C=O) groups excluding carboxylic acids is 1. The van der Waals surface area contributed by atoms with E-state index in [1.165, 1.54) is 42.3 Å². The van der Waals surface area contributed by atoms with Crippen molar-refractivity contribution < 1.29 is 22.4 Å². The fraction of sp³-hybridized carbons (Fsp3) is 0.263. The van der Waals surface area contributed by atoms with Gasteiger partial charge in [-0.3, -0.25) is 9.80 Å². The second kappa shape index (κ2) is 7.70. The molecule has 0 spiro atoms.